The molecule has 0 heterocycles. The highest BCUT2D eigenvalue weighted by Crippen LogP contribution is 2.57. The van der Waals surface area contributed by atoms with Crippen molar-refractivity contribution in [2.24, 2.45) is 0 Å². The summed E-state index contributed by atoms with van der Waals surface area (Å²) in [7, 11) is -12.5. The fourth-order valence-electron chi connectivity index (χ4n) is 0.488. The lowest BCUT2D eigenvalue weighted by atomic mass is 10.3. The molecule has 13 heteroatoms. The van der Waals surface area contributed by atoms with Gasteiger partial charge in [-0.15, -0.1) is 8.39 Å². The summed E-state index contributed by atoms with van der Waals surface area (Å²) in [5, 5.41) is 0. The van der Waals surface area contributed by atoms with Gasteiger partial charge in [0.15, 0.2) is 0 Å². The molecule has 0 amide bonds. The summed E-state index contributed by atoms with van der Waals surface area (Å²) >= 11 is 0. The van der Waals surface area contributed by atoms with Crippen molar-refractivity contribution in [3.8, 4) is 0 Å². The Kier molecular flexibility index (Phi) is 4.31. The summed E-state index contributed by atoms with van der Waals surface area (Å²) in [6.07, 6.45) is -5.46. The minimum atomic E-state index is -6.31. The molecule has 0 aromatic carbocycles. The zero-order chi connectivity index (χ0) is 13.4. The van der Waals surface area contributed by atoms with E-state index in [-0.39, 0.29) is 6.92 Å². The Morgan fingerprint density at radius 3 is 1.56 bits per heavy atom. The molecule has 2 N–H and O–H groups in total. The van der Waals surface area contributed by atoms with E-state index >= 15 is 0 Å². The van der Waals surface area contributed by atoms with Crippen LogP contribution in [-0.4, -0.2) is 21.8 Å². The number of alkyl halides is 3. The standard InChI is InChI=1S/C3H5F5O6P2/c1-2(4,13-15(7,9)10)3(5,6)14-16(8,11)12/h1H3,(H,9,10)(H,11,12). The Bertz CT molecular complexity index is 310. The minimum Gasteiger partial charge on any atom is -0.299 e. The van der Waals surface area contributed by atoms with Crippen LogP contribution in [0.5, 0.6) is 0 Å². The second kappa shape index (κ2) is 4.32. The monoisotopic (exact) mass is 294 g/mol. The molecule has 0 fully saturated rings. The van der Waals surface area contributed by atoms with Gasteiger partial charge >= 0.3 is 27.8 Å². The molecule has 0 saturated heterocycles. The fraction of sp³-hybridized carbons (Fsp3) is 1.00. The lowest BCUT2D eigenvalue weighted by Crippen LogP contribution is -2.44. The third kappa shape index (κ3) is 5.33. The quantitative estimate of drug-likeness (QED) is 0.597. The smallest absolute Gasteiger partial charge is 0.299 e. The second-order valence-electron chi connectivity index (χ2n) is 2.52. The Morgan fingerprint density at radius 2 is 1.31 bits per heavy atom. The van der Waals surface area contributed by atoms with Crippen molar-refractivity contribution in [3.05, 3.63) is 0 Å². The van der Waals surface area contributed by atoms with E-state index in [0.717, 1.165) is 0 Å². The van der Waals surface area contributed by atoms with Gasteiger partial charge in [-0.05, 0) is 0 Å². The van der Waals surface area contributed by atoms with Gasteiger partial charge in [0.2, 0.25) is 0 Å². The van der Waals surface area contributed by atoms with Crippen molar-refractivity contribution in [1.82, 2.24) is 0 Å². The second-order valence-corrected chi connectivity index (χ2v) is 4.69. The predicted molar refractivity (Wildman–Crippen MR) is 38.5 cm³/mol. The SMILES string of the molecule is CC(F)(OP(=O)(O)F)C(F)(F)OP(=O)(O)F. The average molecular weight is 294 g/mol. The molecule has 0 aromatic heterocycles. The summed E-state index contributed by atoms with van der Waals surface area (Å²) in [6, 6.07) is 0. The van der Waals surface area contributed by atoms with Crippen LogP contribution in [0.1, 0.15) is 6.92 Å². The van der Waals surface area contributed by atoms with Crippen molar-refractivity contribution in [1.29, 1.82) is 0 Å². The Hall–Kier alpha value is -0.0500. The van der Waals surface area contributed by atoms with Crippen LogP contribution in [0.4, 0.5) is 21.6 Å². The largest absolute Gasteiger partial charge is 0.515 e. The predicted octanol–water partition coefficient (Wildman–Crippen LogP) is 2.44. The molecule has 3 atom stereocenters. The number of halogens is 5. The van der Waals surface area contributed by atoms with Crippen LogP contribution in [0.3, 0.4) is 0 Å². The van der Waals surface area contributed by atoms with Crippen LogP contribution in [0, 0.1) is 0 Å². The third-order valence-electron chi connectivity index (χ3n) is 1.03. The number of rotatable bonds is 5. The topological polar surface area (TPSA) is 93.1 Å². The van der Waals surface area contributed by atoms with Crippen LogP contribution >= 0.6 is 15.8 Å². The van der Waals surface area contributed by atoms with Gasteiger partial charge in [-0.2, -0.15) is 8.78 Å². The molecule has 16 heavy (non-hydrogen) atoms. The lowest BCUT2D eigenvalue weighted by molar-refractivity contribution is -0.325. The molecule has 0 aliphatic heterocycles. The Morgan fingerprint density at radius 1 is 1.00 bits per heavy atom. The molecule has 0 bridgehead atoms. The summed E-state index contributed by atoms with van der Waals surface area (Å²) in [6.45, 7) is -0.300. The van der Waals surface area contributed by atoms with E-state index in [2.05, 4.69) is 9.05 Å². The minimum absolute atomic E-state index is 0.300. The Labute approximate surface area is 85.3 Å². The third-order valence-corrected chi connectivity index (χ3v) is 2.05. The van der Waals surface area contributed by atoms with Crippen LogP contribution in [-0.2, 0) is 18.2 Å². The molecule has 6 nitrogen and oxygen atoms in total. The van der Waals surface area contributed by atoms with Gasteiger partial charge in [0.1, 0.15) is 0 Å². The first-order chi connectivity index (χ1) is 6.66. The normalized spacial score (nSPS) is 24.2. The van der Waals surface area contributed by atoms with Crippen molar-refractivity contribution < 1.29 is 49.5 Å². The highest BCUT2D eigenvalue weighted by Gasteiger charge is 2.61. The van der Waals surface area contributed by atoms with Crippen molar-refractivity contribution >= 4 is 15.8 Å². The highest BCUT2D eigenvalue weighted by atomic mass is 31.2. The van der Waals surface area contributed by atoms with Gasteiger partial charge < -0.3 is 0 Å². The van der Waals surface area contributed by atoms with E-state index in [1.807, 2.05) is 0 Å². The molecule has 0 rings (SSSR count). The van der Waals surface area contributed by atoms with E-state index < -0.39 is 27.8 Å². The molecule has 0 radical (unpaired) electrons. The van der Waals surface area contributed by atoms with Gasteiger partial charge in [-0.1, -0.05) is 0 Å². The van der Waals surface area contributed by atoms with E-state index in [4.69, 9.17) is 9.79 Å². The summed E-state index contributed by atoms with van der Waals surface area (Å²) < 4.78 is 86.4. The van der Waals surface area contributed by atoms with E-state index in [0.29, 0.717) is 0 Å². The summed E-state index contributed by atoms with van der Waals surface area (Å²) in [5.41, 5.74) is 0. The molecule has 3 unspecified atom stereocenters. The Balaban J connectivity index is 4.99. The average Bonchev–Trinajstić information content (AvgIpc) is 1.72. The summed E-state index contributed by atoms with van der Waals surface area (Å²) in [4.78, 5) is 15.6. The maximum Gasteiger partial charge on any atom is 0.515 e. The molecular weight excluding hydrogens is 289 g/mol. The molecule has 0 aromatic rings. The summed E-state index contributed by atoms with van der Waals surface area (Å²) in [5.74, 6) is -4.63. The first kappa shape index (κ1) is 16.0. The molecule has 0 spiro atoms. The fourth-order valence-corrected chi connectivity index (χ4v) is 1.46. The molecule has 0 saturated carbocycles. The van der Waals surface area contributed by atoms with E-state index in [1.54, 1.807) is 0 Å². The number of hydrogen-bond acceptors (Lipinski definition) is 4. The number of hydrogen-bond donors (Lipinski definition) is 2. The van der Waals surface area contributed by atoms with Crippen molar-refractivity contribution in [2.45, 2.75) is 18.9 Å². The maximum absolute atomic E-state index is 12.8. The van der Waals surface area contributed by atoms with Crippen molar-refractivity contribution in [2.75, 3.05) is 0 Å². The zero-order valence-corrected chi connectivity index (χ0v) is 9.10. The van der Waals surface area contributed by atoms with Gasteiger partial charge in [-0.25, -0.2) is 22.6 Å². The van der Waals surface area contributed by atoms with Crippen LogP contribution in [0.15, 0.2) is 0 Å². The molecule has 98 valence electrons. The molecule has 0 aliphatic rings. The molecule has 0 aliphatic carbocycles. The van der Waals surface area contributed by atoms with E-state index in [9.17, 15) is 30.7 Å². The highest BCUT2D eigenvalue weighted by molar-refractivity contribution is 7.47. The maximum atomic E-state index is 12.8. The first-order valence-electron chi connectivity index (χ1n) is 3.19. The van der Waals surface area contributed by atoms with E-state index in [1.165, 1.54) is 0 Å². The van der Waals surface area contributed by atoms with Crippen molar-refractivity contribution in [3.63, 3.8) is 0 Å². The van der Waals surface area contributed by atoms with Crippen LogP contribution in [0.2, 0.25) is 0 Å². The molecular formula is C3H5F5O6P2. The van der Waals surface area contributed by atoms with Crippen LogP contribution in [0.25, 0.3) is 0 Å². The van der Waals surface area contributed by atoms with Gasteiger partial charge in [0.25, 0.3) is 0 Å². The van der Waals surface area contributed by atoms with Crippen LogP contribution < -0.4 is 0 Å². The lowest BCUT2D eigenvalue weighted by Gasteiger charge is -2.28. The van der Waals surface area contributed by atoms with Gasteiger partial charge in [0, 0.05) is 6.92 Å². The zero-order valence-electron chi connectivity index (χ0n) is 7.31. The first-order valence-corrected chi connectivity index (χ1v) is 6.13. The van der Waals surface area contributed by atoms with Gasteiger partial charge in [-0.3, -0.25) is 9.79 Å². The van der Waals surface area contributed by atoms with Gasteiger partial charge in [0.05, 0.1) is 0 Å².